The number of hydrogen-bond acceptors (Lipinski definition) is 1. The topological polar surface area (TPSA) is 37.3 Å². The molecule has 3 heteroatoms. The third-order valence-corrected chi connectivity index (χ3v) is 3.35. The minimum Gasteiger partial charge on any atom is -0.481 e. The molecule has 74 valence electrons. The fourth-order valence-corrected chi connectivity index (χ4v) is 2.53. The van der Waals surface area contributed by atoms with E-state index in [1.807, 2.05) is 25.1 Å². The van der Waals surface area contributed by atoms with E-state index in [0.717, 1.165) is 16.5 Å². The van der Waals surface area contributed by atoms with Crippen molar-refractivity contribution in [1.82, 2.24) is 0 Å². The van der Waals surface area contributed by atoms with Crippen molar-refractivity contribution in [3.8, 4) is 0 Å². The van der Waals surface area contributed by atoms with Crippen molar-refractivity contribution < 1.29 is 9.90 Å². The Kier molecular flexibility index (Phi) is 2.35. The smallest absolute Gasteiger partial charge is 0.307 e. The highest BCUT2D eigenvalue weighted by atomic mass is 79.9. The van der Waals surface area contributed by atoms with Gasteiger partial charge in [0.1, 0.15) is 0 Å². The van der Waals surface area contributed by atoms with Crippen molar-refractivity contribution in [1.29, 1.82) is 0 Å². The quantitative estimate of drug-likeness (QED) is 0.882. The molecule has 0 aromatic heterocycles. The van der Waals surface area contributed by atoms with Crippen LogP contribution in [-0.4, -0.2) is 11.1 Å². The molecule has 0 radical (unpaired) electrons. The first-order valence-corrected chi connectivity index (χ1v) is 5.37. The van der Waals surface area contributed by atoms with Crippen LogP contribution in [0.15, 0.2) is 22.7 Å². The van der Waals surface area contributed by atoms with Gasteiger partial charge in [-0.15, -0.1) is 0 Å². The van der Waals surface area contributed by atoms with Crippen LogP contribution in [0.2, 0.25) is 0 Å². The van der Waals surface area contributed by atoms with Gasteiger partial charge in [-0.05, 0) is 36.5 Å². The molecule has 0 saturated heterocycles. The van der Waals surface area contributed by atoms with Gasteiger partial charge in [0.15, 0.2) is 0 Å². The Labute approximate surface area is 91.1 Å². The van der Waals surface area contributed by atoms with Crippen LogP contribution in [0.1, 0.15) is 23.5 Å². The summed E-state index contributed by atoms with van der Waals surface area (Å²) in [4.78, 5) is 10.7. The molecule has 1 saturated carbocycles. The maximum absolute atomic E-state index is 10.7. The van der Waals surface area contributed by atoms with Crippen molar-refractivity contribution in [3.05, 3.63) is 33.8 Å². The molecule has 0 spiro atoms. The number of hydrogen-bond donors (Lipinski definition) is 1. The van der Waals surface area contributed by atoms with Crippen LogP contribution in [0.4, 0.5) is 0 Å². The Morgan fingerprint density at radius 2 is 2.29 bits per heavy atom. The van der Waals surface area contributed by atoms with Crippen LogP contribution < -0.4 is 0 Å². The summed E-state index contributed by atoms with van der Waals surface area (Å²) in [7, 11) is 0. The maximum Gasteiger partial charge on any atom is 0.307 e. The molecule has 0 heterocycles. The maximum atomic E-state index is 10.7. The van der Waals surface area contributed by atoms with Gasteiger partial charge in [-0.3, -0.25) is 4.79 Å². The molecule has 2 rings (SSSR count). The van der Waals surface area contributed by atoms with Crippen LogP contribution in [-0.2, 0) is 4.79 Å². The molecule has 0 amide bonds. The molecular weight excluding hydrogens is 244 g/mol. The van der Waals surface area contributed by atoms with Gasteiger partial charge in [0.2, 0.25) is 0 Å². The molecular formula is C11H11BrO2. The third kappa shape index (κ3) is 1.69. The predicted octanol–water partition coefficient (Wildman–Crippen LogP) is 2.95. The van der Waals surface area contributed by atoms with E-state index in [1.165, 1.54) is 5.56 Å². The minimum atomic E-state index is -0.678. The van der Waals surface area contributed by atoms with Crippen LogP contribution >= 0.6 is 15.9 Å². The Morgan fingerprint density at radius 1 is 1.57 bits per heavy atom. The summed E-state index contributed by atoms with van der Waals surface area (Å²) in [6.07, 6.45) is 0.775. The Bertz CT molecular complexity index is 387. The average molecular weight is 255 g/mol. The predicted molar refractivity (Wildman–Crippen MR) is 57.4 cm³/mol. The molecule has 2 atom stereocenters. The first-order chi connectivity index (χ1) is 6.59. The van der Waals surface area contributed by atoms with Gasteiger partial charge in [-0.25, -0.2) is 0 Å². The van der Waals surface area contributed by atoms with E-state index < -0.39 is 5.97 Å². The summed E-state index contributed by atoms with van der Waals surface area (Å²) in [5.74, 6) is -0.640. The van der Waals surface area contributed by atoms with Gasteiger partial charge >= 0.3 is 5.97 Å². The van der Waals surface area contributed by atoms with E-state index >= 15 is 0 Å². The van der Waals surface area contributed by atoms with Crippen molar-refractivity contribution in [2.45, 2.75) is 19.3 Å². The summed E-state index contributed by atoms with van der Waals surface area (Å²) in [5.41, 5.74) is 2.32. The van der Waals surface area contributed by atoms with Crippen LogP contribution in [0.25, 0.3) is 0 Å². The normalized spacial score (nSPS) is 24.7. The fourth-order valence-electron chi connectivity index (χ4n) is 1.74. The van der Waals surface area contributed by atoms with Crippen molar-refractivity contribution in [3.63, 3.8) is 0 Å². The summed E-state index contributed by atoms with van der Waals surface area (Å²) >= 11 is 3.47. The van der Waals surface area contributed by atoms with E-state index in [9.17, 15) is 4.79 Å². The molecule has 0 bridgehead atoms. The zero-order valence-corrected chi connectivity index (χ0v) is 9.41. The molecule has 0 unspecified atom stereocenters. The number of carbonyl (C=O) groups is 1. The molecule has 1 aromatic rings. The lowest BCUT2D eigenvalue weighted by molar-refractivity contribution is -0.138. The Hall–Kier alpha value is -0.830. The van der Waals surface area contributed by atoms with E-state index in [4.69, 9.17) is 5.11 Å². The number of carboxylic acid groups (broad SMARTS) is 1. The summed E-state index contributed by atoms with van der Waals surface area (Å²) in [5, 5.41) is 8.82. The summed E-state index contributed by atoms with van der Waals surface area (Å²) < 4.78 is 1.03. The lowest BCUT2D eigenvalue weighted by atomic mass is 10.1. The number of aliphatic carboxylic acids is 1. The zero-order valence-electron chi connectivity index (χ0n) is 7.83. The van der Waals surface area contributed by atoms with Gasteiger partial charge < -0.3 is 5.11 Å². The SMILES string of the molecule is Cc1ccc([C@@H]2C[C@H]2C(=O)O)c(Br)c1. The van der Waals surface area contributed by atoms with Gasteiger partial charge in [0.25, 0.3) is 0 Å². The standard InChI is InChI=1S/C11H11BrO2/c1-6-2-3-7(10(12)4-6)8-5-9(8)11(13)14/h2-4,8-9H,5H2,1H3,(H,13,14)/t8-,9+/m0/s1. The van der Waals surface area contributed by atoms with Crippen LogP contribution in [0.3, 0.4) is 0 Å². The lowest BCUT2D eigenvalue weighted by Gasteiger charge is -2.03. The number of rotatable bonds is 2. The second kappa shape index (κ2) is 3.39. The summed E-state index contributed by atoms with van der Waals surface area (Å²) in [6.45, 7) is 2.02. The molecule has 2 nitrogen and oxygen atoms in total. The highest BCUT2D eigenvalue weighted by Gasteiger charge is 2.44. The number of aryl methyl sites for hydroxylation is 1. The number of benzene rings is 1. The van der Waals surface area contributed by atoms with Crippen molar-refractivity contribution in [2.24, 2.45) is 5.92 Å². The average Bonchev–Trinajstić information content (AvgIpc) is 2.83. The second-order valence-electron chi connectivity index (χ2n) is 3.81. The Balaban J connectivity index is 2.23. The van der Waals surface area contributed by atoms with Crippen molar-refractivity contribution >= 4 is 21.9 Å². The number of carboxylic acids is 1. The molecule has 1 aliphatic rings. The summed E-state index contributed by atoms with van der Waals surface area (Å²) in [6, 6.07) is 6.08. The van der Waals surface area contributed by atoms with E-state index in [-0.39, 0.29) is 11.8 Å². The monoisotopic (exact) mass is 254 g/mol. The zero-order chi connectivity index (χ0) is 10.3. The van der Waals surface area contributed by atoms with Crippen LogP contribution in [0.5, 0.6) is 0 Å². The van der Waals surface area contributed by atoms with Gasteiger partial charge in [0.05, 0.1) is 5.92 Å². The molecule has 1 aromatic carbocycles. The second-order valence-corrected chi connectivity index (χ2v) is 4.67. The van der Waals surface area contributed by atoms with Gasteiger partial charge in [-0.1, -0.05) is 28.1 Å². The highest BCUT2D eigenvalue weighted by Crippen LogP contribution is 2.49. The van der Waals surface area contributed by atoms with Gasteiger partial charge in [0, 0.05) is 4.47 Å². The first kappa shape index (κ1) is 9.71. The van der Waals surface area contributed by atoms with E-state index in [1.54, 1.807) is 0 Å². The molecule has 1 aliphatic carbocycles. The first-order valence-electron chi connectivity index (χ1n) is 4.58. The highest BCUT2D eigenvalue weighted by molar-refractivity contribution is 9.10. The van der Waals surface area contributed by atoms with E-state index in [2.05, 4.69) is 15.9 Å². The Morgan fingerprint density at radius 3 is 2.79 bits per heavy atom. The largest absolute Gasteiger partial charge is 0.481 e. The lowest BCUT2D eigenvalue weighted by Crippen LogP contribution is -1.99. The molecule has 0 aliphatic heterocycles. The van der Waals surface area contributed by atoms with E-state index in [0.29, 0.717) is 0 Å². The number of halogens is 1. The fraction of sp³-hybridized carbons (Fsp3) is 0.364. The molecule has 1 fully saturated rings. The van der Waals surface area contributed by atoms with Gasteiger partial charge in [-0.2, -0.15) is 0 Å². The molecule has 14 heavy (non-hydrogen) atoms. The molecule has 1 N–H and O–H groups in total. The third-order valence-electron chi connectivity index (χ3n) is 2.66. The van der Waals surface area contributed by atoms with Crippen LogP contribution in [0, 0.1) is 12.8 Å². The van der Waals surface area contributed by atoms with Crippen molar-refractivity contribution in [2.75, 3.05) is 0 Å². The minimum absolute atomic E-state index is 0.172.